The van der Waals surface area contributed by atoms with Crippen LogP contribution in [0.3, 0.4) is 0 Å². The van der Waals surface area contributed by atoms with Gasteiger partial charge in [-0.3, -0.25) is 4.79 Å². The number of amides is 1. The van der Waals surface area contributed by atoms with E-state index < -0.39 is 6.10 Å². The lowest BCUT2D eigenvalue weighted by Gasteiger charge is -2.13. The first kappa shape index (κ1) is 18.7. The molecule has 25 heavy (non-hydrogen) atoms. The van der Waals surface area contributed by atoms with Crippen molar-refractivity contribution in [3.8, 4) is 11.5 Å². The van der Waals surface area contributed by atoms with Gasteiger partial charge in [0, 0.05) is 10.0 Å². The van der Waals surface area contributed by atoms with E-state index in [0.717, 1.165) is 10.0 Å². The monoisotopic (exact) mass is 402 g/mol. The minimum atomic E-state index is -0.675. The number of ether oxygens (including phenoxy) is 2. The summed E-state index contributed by atoms with van der Waals surface area (Å²) in [5.74, 6) is 0.932. The highest BCUT2D eigenvalue weighted by atomic mass is 79.9. The Balaban J connectivity index is 1.91. The maximum absolute atomic E-state index is 12.1. The van der Waals surface area contributed by atoms with E-state index in [1.807, 2.05) is 36.4 Å². The number of para-hydroxylation sites is 1. The second kappa shape index (κ2) is 9.64. The molecule has 6 heteroatoms. The average molecular weight is 403 g/mol. The van der Waals surface area contributed by atoms with Gasteiger partial charge in [0.2, 0.25) is 0 Å². The number of nitrogens with zero attached hydrogens (tertiary/aromatic N) is 1. The highest BCUT2D eigenvalue weighted by Gasteiger charge is 2.13. The number of carbonyl (C=O) groups excluding carboxylic acids is 1. The van der Waals surface area contributed by atoms with E-state index in [1.54, 1.807) is 25.1 Å². The average Bonchev–Trinajstić information content (AvgIpc) is 2.62. The number of nitrogens with one attached hydrogen (secondary N) is 1. The molecule has 0 aliphatic rings. The second-order valence-electron chi connectivity index (χ2n) is 5.09. The fourth-order valence-electron chi connectivity index (χ4n) is 1.89. The van der Waals surface area contributed by atoms with Crippen LogP contribution in [0.4, 0.5) is 0 Å². The van der Waals surface area contributed by atoms with Crippen LogP contribution >= 0.6 is 15.9 Å². The summed E-state index contributed by atoms with van der Waals surface area (Å²) in [5, 5.41) is 3.97. The topological polar surface area (TPSA) is 59.9 Å². The predicted octanol–water partition coefficient (Wildman–Crippen LogP) is 3.93. The van der Waals surface area contributed by atoms with Crippen LogP contribution in [0.1, 0.15) is 12.5 Å². The molecular formula is C19H19BrN2O3. The molecule has 2 aromatic rings. The van der Waals surface area contributed by atoms with E-state index in [1.165, 1.54) is 6.21 Å². The van der Waals surface area contributed by atoms with E-state index >= 15 is 0 Å². The van der Waals surface area contributed by atoms with Crippen LogP contribution in [0.5, 0.6) is 11.5 Å². The molecule has 1 atom stereocenters. The lowest BCUT2D eigenvalue weighted by molar-refractivity contribution is -0.127. The van der Waals surface area contributed by atoms with Crippen LogP contribution in [-0.4, -0.2) is 24.8 Å². The SMILES string of the molecule is C=CCOc1ccccc1/C=N\NC(=O)[C@H](C)Oc1ccc(Br)cc1. The largest absolute Gasteiger partial charge is 0.489 e. The normalized spacial score (nSPS) is 11.8. The van der Waals surface area contributed by atoms with Crippen LogP contribution in [-0.2, 0) is 4.79 Å². The number of benzene rings is 2. The van der Waals surface area contributed by atoms with Gasteiger partial charge in [0.25, 0.3) is 5.91 Å². The lowest BCUT2D eigenvalue weighted by atomic mass is 10.2. The van der Waals surface area contributed by atoms with Crippen molar-refractivity contribution in [1.29, 1.82) is 0 Å². The van der Waals surface area contributed by atoms with E-state index in [2.05, 4.69) is 33.0 Å². The van der Waals surface area contributed by atoms with Crippen LogP contribution in [0.25, 0.3) is 0 Å². The Morgan fingerprint density at radius 3 is 2.72 bits per heavy atom. The van der Waals surface area contributed by atoms with E-state index in [-0.39, 0.29) is 5.91 Å². The van der Waals surface area contributed by atoms with Crippen LogP contribution in [0.2, 0.25) is 0 Å². The van der Waals surface area contributed by atoms with Crippen molar-refractivity contribution >= 4 is 28.1 Å². The third kappa shape index (κ3) is 6.08. The first-order chi connectivity index (χ1) is 12.1. The summed E-state index contributed by atoms with van der Waals surface area (Å²) in [4.78, 5) is 12.1. The molecule has 0 unspecified atom stereocenters. The van der Waals surface area contributed by atoms with Crippen molar-refractivity contribution in [2.24, 2.45) is 5.10 Å². The smallest absolute Gasteiger partial charge is 0.280 e. The van der Waals surface area contributed by atoms with Gasteiger partial charge in [0.15, 0.2) is 6.10 Å². The van der Waals surface area contributed by atoms with Crippen LogP contribution in [0.15, 0.2) is 70.8 Å². The molecule has 2 rings (SSSR count). The summed E-state index contributed by atoms with van der Waals surface area (Å²) in [7, 11) is 0. The molecule has 0 saturated carbocycles. The number of hydrogen-bond acceptors (Lipinski definition) is 4. The zero-order chi connectivity index (χ0) is 18.1. The third-order valence-electron chi connectivity index (χ3n) is 3.15. The molecule has 1 N–H and O–H groups in total. The molecule has 0 aromatic heterocycles. The van der Waals surface area contributed by atoms with Gasteiger partial charge in [-0.05, 0) is 43.3 Å². The molecule has 0 spiro atoms. The number of halogens is 1. The number of carbonyl (C=O) groups is 1. The summed E-state index contributed by atoms with van der Waals surface area (Å²) >= 11 is 3.35. The van der Waals surface area contributed by atoms with E-state index in [0.29, 0.717) is 18.1 Å². The molecule has 0 radical (unpaired) electrons. The van der Waals surface area contributed by atoms with Crippen molar-refractivity contribution in [2.45, 2.75) is 13.0 Å². The second-order valence-corrected chi connectivity index (χ2v) is 6.00. The Kier molecular flexibility index (Phi) is 7.22. The summed E-state index contributed by atoms with van der Waals surface area (Å²) in [6, 6.07) is 14.7. The maximum Gasteiger partial charge on any atom is 0.280 e. The molecular weight excluding hydrogens is 384 g/mol. The molecule has 5 nitrogen and oxygen atoms in total. The number of rotatable bonds is 8. The Labute approximate surface area is 155 Å². The van der Waals surface area contributed by atoms with Gasteiger partial charge in [0.1, 0.15) is 18.1 Å². The molecule has 2 aromatic carbocycles. The first-order valence-electron chi connectivity index (χ1n) is 7.68. The Bertz CT molecular complexity index is 745. The van der Waals surface area contributed by atoms with Crippen LogP contribution in [0, 0.1) is 0 Å². The first-order valence-corrected chi connectivity index (χ1v) is 8.47. The third-order valence-corrected chi connectivity index (χ3v) is 3.68. The fraction of sp³-hybridized carbons (Fsp3) is 0.158. The van der Waals surface area contributed by atoms with Crippen LogP contribution < -0.4 is 14.9 Å². The molecule has 130 valence electrons. The molecule has 0 saturated heterocycles. The van der Waals surface area contributed by atoms with Crippen molar-refractivity contribution < 1.29 is 14.3 Å². The van der Waals surface area contributed by atoms with E-state index in [4.69, 9.17) is 9.47 Å². The molecule has 0 bridgehead atoms. The minimum Gasteiger partial charge on any atom is -0.489 e. The van der Waals surface area contributed by atoms with Gasteiger partial charge in [-0.2, -0.15) is 5.10 Å². The van der Waals surface area contributed by atoms with Crippen molar-refractivity contribution in [3.05, 3.63) is 71.2 Å². The molecule has 0 aliphatic heterocycles. The number of hydrogen-bond donors (Lipinski definition) is 1. The highest BCUT2D eigenvalue weighted by Crippen LogP contribution is 2.17. The zero-order valence-electron chi connectivity index (χ0n) is 13.8. The van der Waals surface area contributed by atoms with Crippen molar-refractivity contribution in [1.82, 2.24) is 5.43 Å². The Morgan fingerprint density at radius 1 is 1.28 bits per heavy atom. The zero-order valence-corrected chi connectivity index (χ0v) is 15.4. The van der Waals surface area contributed by atoms with Gasteiger partial charge in [0.05, 0.1) is 6.21 Å². The maximum atomic E-state index is 12.1. The summed E-state index contributed by atoms with van der Waals surface area (Å²) < 4.78 is 12.0. The van der Waals surface area contributed by atoms with Crippen molar-refractivity contribution in [3.63, 3.8) is 0 Å². The van der Waals surface area contributed by atoms with Gasteiger partial charge in [-0.1, -0.05) is 40.7 Å². The van der Waals surface area contributed by atoms with Gasteiger partial charge < -0.3 is 9.47 Å². The van der Waals surface area contributed by atoms with Gasteiger partial charge in [-0.15, -0.1) is 0 Å². The Morgan fingerprint density at radius 2 is 2.00 bits per heavy atom. The molecule has 0 fully saturated rings. The molecule has 0 heterocycles. The number of hydrazone groups is 1. The molecule has 1 amide bonds. The minimum absolute atomic E-state index is 0.344. The summed E-state index contributed by atoms with van der Waals surface area (Å²) in [6.07, 6.45) is 2.52. The molecule has 0 aliphatic carbocycles. The summed E-state index contributed by atoms with van der Waals surface area (Å²) in [5.41, 5.74) is 3.22. The Hall–Kier alpha value is -2.60. The fourth-order valence-corrected chi connectivity index (χ4v) is 2.16. The van der Waals surface area contributed by atoms with Gasteiger partial charge >= 0.3 is 0 Å². The predicted molar refractivity (Wildman–Crippen MR) is 102 cm³/mol. The quantitative estimate of drug-likeness (QED) is 0.413. The highest BCUT2D eigenvalue weighted by molar-refractivity contribution is 9.10. The standard InChI is InChI=1S/C19H19BrN2O3/c1-3-12-24-18-7-5-4-6-15(18)13-21-22-19(23)14(2)25-17-10-8-16(20)9-11-17/h3-11,13-14H,1,12H2,2H3,(H,22,23)/b21-13-/t14-/m0/s1. The summed E-state index contributed by atoms with van der Waals surface area (Å²) in [6.45, 7) is 5.68. The van der Waals surface area contributed by atoms with Crippen molar-refractivity contribution in [2.75, 3.05) is 6.61 Å². The van der Waals surface area contributed by atoms with E-state index in [9.17, 15) is 4.79 Å². The lowest BCUT2D eigenvalue weighted by Crippen LogP contribution is -2.33. The van der Waals surface area contributed by atoms with Gasteiger partial charge in [-0.25, -0.2) is 5.43 Å².